The van der Waals surface area contributed by atoms with Crippen LogP contribution in [0.4, 0.5) is 5.69 Å². The molecule has 0 bridgehead atoms. The first-order valence-corrected chi connectivity index (χ1v) is 10.1. The molecule has 2 rings (SSSR count). The highest BCUT2D eigenvalue weighted by molar-refractivity contribution is 7.95. The van der Waals surface area contributed by atoms with E-state index in [0.29, 0.717) is 17.7 Å². The Kier molecular flexibility index (Phi) is 4.12. The van der Waals surface area contributed by atoms with Crippen LogP contribution in [0.15, 0.2) is 18.2 Å². The topological polar surface area (TPSA) is 88.6 Å². The molecule has 0 saturated carbocycles. The summed E-state index contributed by atoms with van der Waals surface area (Å²) in [6.07, 6.45) is 1.54. The van der Waals surface area contributed by atoms with Crippen LogP contribution >= 0.6 is 0 Å². The number of Topliss-reactive ketones (excluding diaryl/α,β-unsaturated/α-hetero) is 1. The van der Waals surface area contributed by atoms with Gasteiger partial charge >= 0.3 is 0 Å². The molecular weight excluding hydrogens is 314 g/mol. The molecule has 0 aromatic heterocycles. The fourth-order valence-corrected chi connectivity index (χ4v) is 5.37. The van der Waals surface area contributed by atoms with Gasteiger partial charge in [0.05, 0.1) is 17.2 Å². The first-order valence-electron chi connectivity index (χ1n) is 6.42. The fourth-order valence-electron chi connectivity index (χ4n) is 2.25. The van der Waals surface area contributed by atoms with Gasteiger partial charge in [0.1, 0.15) is 9.84 Å². The second-order valence-corrected chi connectivity index (χ2v) is 9.44. The number of carbonyl (C=O) groups is 1. The van der Waals surface area contributed by atoms with Crippen LogP contribution < -0.4 is 4.31 Å². The lowest BCUT2D eigenvalue weighted by molar-refractivity contribution is 0.101. The Morgan fingerprint density at radius 3 is 2.43 bits per heavy atom. The van der Waals surface area contributed by atoms with Gasteiger partial charge < -0.3 is 0 Å². The van der Waals surface area contributed by atoms with E-state index in [-0.39, 0.29) is 12.3 Å². The number of hydrogen-bond donors (Lipinski definition) is 0. The van der Waals surface area contributed by atoms with Crippen LogP contribution in [0.1, 0.15) is 22.8 Å². The highest BCUT2D eigenvalue weighted by Crippen LogP contribution is 2.31. The minimum absolute atomic E-state index is 0.0730. The normalized spacial score (nSPS) is 15.0. The summed E-state index contributed by atoms with van der Waals surface area (Å²) in [6, 6.07) is 4.90. The molecule has 0 fully saturated rings. The third-order valence-electron chi connectivity index (χ3n) is 3.39. The number of carbonyl (C=O) groups excluding carboxylic acids is 1. The van der Waals surface area contributed by atoms with Crippen LogP contribution in [-0.4, -0.2) is 46.9 Å². The number of anilines is 1. The molecule has 21 heavy (non-hydrogen) atoms. The number of sulfone groups is 1. The molecule has 1 aromatic carbocycles. The van der Waals surface area contributed by atoms with E-state index in [0.717, 1.165) is 11.8 Å². The van der Waals surface area contributed by atoms with Gasteiger partial charge in [-0.1, -0.05) is 0 Å². The summed E-state index contributed by atoms with van der Waals surface area (Å²) < 4.78 is 48.0. The highest BCUT2D eigenvalue weighted by Gasteiger charge is 2.30. The first-order chi connectivity index (χ1) is 9.60. The van der Waals surface area contributed by atoms with E-state index in [9.17, 15) is 21.6 Å². The van der Waals surface area contributed by atoms with Gasteiger partial charge in [0.15, 0.2) is 5.78 Å². The molecular formula is C13H17NO5S2. The lowest BCUT2D eigenvalue weighted by atomic mass is 10.1. The fraction of sp³-hybridized carbons (Fsp3) is 0.462. The number of hydrogen-bond acceptors (Lipinski definition) is 5. The van der Waals surface area contributed by atoms with Crippen molar-refractivity contribution < 1.29 is 21.6 Å². The van der Waals surface area contributed by atoms with Crippen molar-refractivity contribution in [2.75, 3.05) is 28.6 Å². The minimum atomic E-state index is -3.67. The molecule has 1 aliphatic rings. The summed E-state index contributed by atoms with van der Waals surface area (Å²) in [5, 5.41) is 0. The number of rotatable bonds is 5. The summed E-state index contributed by atoms with van der Waals surface area (Å²) in [5.74, 6) is -0.900. The molecule has 1 aliphatic heterocycles. The van der Waals surface area contributed by atoms with E-state index in [1.54, 1.807) is 18.2 Å². The Labute approximate surface area is 124 Å². The molecule has 0 radical (unpaired) electrons. The van der Waals surface area contributed by atoms with Crippen molar-refractivity contribution in [3.63, 3.8) is 0 Å². The SMILES string of the molecule is CC(=O)c1ccc2c(c1)CCN2S(=O)(=O)CCS(C)(=O)=O. The Balaban J connectivity index is 2.28. The average molecular weight is 331 g/mol. The maximum absolute atomic E-state index is 12.3. The van der Waals surface area contributed by atoms with Gasteiger partial charge in [-0.2, -0.15) is 0 Å². The van der Waals surface area contributed by atoms with Gasteiger partial charge in [-0.3, -0.25) is 9.10 Å². The molecule has 0 atom stereocenters. The van der Waals surface area contributed by atoms with Gasteiger partial charge in [-0.25, -0.2) is 16.8 Å². The Hall–Kier alpha value is -1.41. The lowest BCUT2D eigenvalue weighted by Crippen LogP contribution is -2.33. The Morgan fingerprint density at radius 1 is 1.19 bits per heavy atom. The molecule has 1 heterocycles. The van der Waals surface area contributed by atoms with Crippen LogP contribution in [0.2, 0.25) is 0 Å². The molecule has 6 nitrogen and oxygen atoms in total. The van der Waals surface area contributed by atoms with Crippen LogP contribution in [-0.2, 0) is 26.3 Å². The van der Waals surface area contributed by atoms with Crippen LogP contribution in [0.25, 0.3) is 0 Å². The summed E-state index contributed by atoms with van der Waals surface area (Å²) in [7, 11) is -7.00. The molecule has 0 aliphatic carbocycles. The maximum Gasteiger partial charge on any atom is 0.236 e. The van der Waals surface area contributed by atoms with E-state index in [1.807, 2.05) is 0 Å². The quantitative estimate of drug-likeness (QED) is 0.738. The van der Waals surface area contributed by atoms with Crippen LogP contribution in [0, 0.1) is 0 Å². The van der Waals surface area contributed by atoms with Crippen molar-refractivity contribution in [1.82, 2.24) is 0 Å². The second-order valence-electron chi connectivity index (χ2n) is 5.17. The molecule has 0 amide bonds. The number of fused-ring (bicyclic) bond motifs is 1. The average Bonchev–Trinajstić information content (AvgIpc) is 2.79. The highest BCUT2D eigenvalue weighted by atomic mass is 32.2. The maximum atomic E-state index is 12.3. The number of sulfonamides is 1. The number of ketones is 1. The molecule has 8 heteroatoms. The van der Waals surface area contributed by atoms with Crippen molar-refractivity contribution >= 4 is 31.3 Å². The summed E-state index contributed by atoms with van der Waals surface area (Å²) in [6.45, 7) is 1.74. The first kappa shape index (κ1) is 16.0. The van der Waals surface area contributed by atoms with E-state index in [4.69, 9.17) is 0 Å². The van der Waals surface area contributed by atoms with Crippen molar-refractivity contribution in [3.05, 3.63) is 29.3 Å². The van der Waals surface area contributed by atoms with Crippen molar-refractivity contribution in [3.8, 4) is 0 Å². The van der Waals surface area contributed by atoms with E-state index in [1.165, 1.54) is 11.2 Å². The van der Waals surface area contributed by atoms with Gasteiger partial charge in [0.2, 0.25) is 10.0 Å². The molecule has 0 spiro atoms. The third kappa shape index (κ3) is 3.62. The zero-order valence-corrected chi connectivity index (χ0v) is 13.5. The van der Waals surface area contributed by atoms with Crippen LogP contribution in [0.5, 0.6) is 0 Å². The molecule has 0 N–H and O–H groups in total. The predicted molar refractivity (Wildman–Crippen MR) is 81.0 cm³/mol. The number of benzene rings is 1. The third-order valence-corrected chi connectivity index (χ3v) is 6.36. The lowest BCUT2D eigenvalue weighted by Gasteiger charge is -2.19. The van der Waals surface area contributed by atoms with Gasteiger partial charge in [-0.15, -0.1) is 0 Å². The van der Waals surface area contributed by atoms with Crippen molar-refractivity contribution in [2.45, 2.75) is 13.3 Å². The monoisotopic (exact) mass is 331 g/mol. The Bertz CT molecular complexity index is 781. The molecule has 0 saturated heterocycles. The molecule has 1 aromatic rings. The summed E-state index contributed by atoms with van der Waals surface area (Å²) in [4.78, 5) is 11.3. The van der Waals surface area contributed by atoms with Crippen molar-refractivity contribution in [2.24, 2.45) is 0 Å². The largest absolute Gasteiger partial charge is 0.295 e. The van der Waals surface area contributed by atoms with E-state index >= 15 is 0 Å². The smallest absolute Gasteiger partial charge is 0.236 e. The van der Waals surface area contributed by atoms with Crippen LogP contribution in [0.3, 0.4) is 0 Å². The second kappa shape index (κ2) is 5.42. The van der Waals surface area contributed by atoms with Gasteiger partial charge in [-0.05, 0) is 37.1 Å². The van der Waals surface area contributed by atoms with Gasteiger partial charge in [0.25, 0.3) is 0 Å². The minimum Gasteiger partial charge on any atom is -0.295 e. The predicted octanol–water partition coefficient (Wildman–Crippen LogP) is 0.626. The number of nitrogens with zero attached hydrogens (tertiary/aromatic N) is 1. The van der Waals surface area contributed by atoms with Gasteiger partial charge in [0, 0.05) is 18.4 Å². The summed E-state index contributed by atoms with van der Waals surface area (Å²) in [5.41, 5.74) is 1.88. The zero-order valence-electron chi connectivity index (χ0n) is 11.9. The van der Waals surface area contributed by atoms with E-state index < -0.39 is 31.4 Å². The van der Waals surface area contributed by atoms with E-state index in [2.05, 4.69) is 0 Å². The summed E-state index contributed by atoms with van der Waals surface area (Å²) >= 11 is 0. The molecule has 116 valence electrons. The standard InChI is InChI=1S/C13H17NO5S2/c1-10(15)11-3-4-13-12(9-11)5-6-14(13)21(18,19)8-7-20(2,16)17/h3-4,9H,5-8H2,1-2H3. The Morgan fingerprint density at radius 2 is 1.86 bits per heavy atom. The zero-order chi connectivity index (χ0) is 15.8. The van der Waals surface area contributed by atoms with Crippen molar-refractivity contribution in [1.29, 1.82) is 0 Å². The molecule has 0 unspecified atom stereocenters.